The van der Waals surface area contributed by atoms with Crippen molar-refractivity contribution >= 4 is 35.5 Å². The molecule has 13 nitrogen and oxygen atoms in total. The third-order valence-electron chi connectivity index (χ3n) is 7.27. The molecule has 0 saturated carbocycles. The summed E-state index contributed by atoms with van der Waals surface area (Å²) in [6.07, 6.45) is 4.07. The van der Waals surface area contributed by atoms with E-state index in [-0.39, 0.29) is 42.7 Å². The number of aldehydes is 1. The van der Waals surface area contributed by atoms with Crippen LogP contribution < -0.4 is 15.5 Å². The number of nitrogens with zero attached hydrogens (tertiary/aromatic N) is 5. The number of ether oxygens (including phenoxy) is 3. The number of nitrogens with one attached hydrogen (secondary N) is 2. The molecule has 3 amide bonds. The van der Waals surface area contributed by atoms with Gasteiger partial charge in [-0.25, -0.2) is 14.8 Å². The lowest BCUT2D eigenvalue weighted by Crippen LogP contribution is -2.43. The van der Waals surface area contributed by atoms with Gasteiger partial charge in [-0.3, -0.25) is 19.8 Å². The second kappa shape index (κ2) is 12.4. The average Bonchev–Trinajstić information content (AvgIpc) is 2.98. The second-order valence-electron chi connectivity index (χ2n) is 9.80. The summed E-state index contributed by atoms with van der Waals surface area (Å²) in [4.78, 5) is 49.4. The molecule has 210 valence electrons. The van der Waals surface area contributed by atoms with E-state index in [4.69, 9.17) is 14.2 Å². The van der Waals surface area contributed by atoms with Crippen LogP contribution in [0.25, 0.3) is 0 Å². The van der Waals surface area contributed by atoms with Crippen molar-refractivity contribution in [3.63, 3.8) is 0 Å². The molecule has 5 rings (SSSR count). The van der Waals surface area contributed by atoms with Crippen LogP contribution in [-0.2, 0) is 32.0 Å². The number of pyridine rings is 2. The Morgan fingerprint density at radius 2 is 2.17 bits per heavy atom. The van der Waals surface area contributed by atoms with Crippen LogP contribution in [0.15, 0.2) is 18.3 Å². The van der Waals surface area contributed by atoms with Crippen LogP contribution in [0.2, 0.25) is 0 Å². The molecule has 0 bridgehead atoms. The van der Waals surface area contributed by atoms with E-state index < -0.39 is 6.03 Å². The Balaban J connectivity index is 1.34. The molecule has 3 aliphatic rings. The van der Waals surface area contributed by atoms with Crippen LogP contribution in [0, 0.1) is 11.3 Å². The largest absolute Gasteiger partial charge is 0.379 e. The van der Waals surface area contributed by atoms with Gasteiger partial charge in [0.05, 0.1) is 36.6 Å². The molecule has 0 aromatic carbocycles. The fraction of sp³-hybridized carbons (Fsp3) is 0.481. The number of hydrogen-bond acceptors (Lipinski definition) is 10. The highest BCUT2D eigenvalue weighted by Crippen LogP contribution is 2.29. The third-order valence-corrected chi connectivity index (χ3v) is 7.27. The van der Waals surface area contributed by atoms with Gasteiger partial charge in [0.25, 0.3) is 0 Å². The Morgan fingerprint density at radius 3 is 2.95 bits per heavy atom. The van der Waals surface area contributed by atoms with E-state index in [1.54, 1.807) is 18.1 Å². The number of methoxy groups -OCH3 is 1. The lowest BCUT2D eigenvalue weighted by atomic mass is 10.0. The summed E-state index contributed by atoms with van der Waals surface area (Å²) in [5.41, 5.74) is 2.47. The maximum Gasteiger partial charge on any atom is 0.328 e. The number of aromatic nitrogens is 2. The van der Waals surface area contributed by atoms with E-state index in [9.17, 15) is 19.6 Å². The number of carbonyl (C=O) groups is 3. The van der Waals surface area contributed by atoms with Gasteiger partial charge < -0.3 is 24.4 Å². The van der Waals surface area contributed by atoms with Crippen LogP contribution in [0.1, 0.15) is 40.0 Å². The van der Waals surface area contributed by atoms with E-state index >= 15 is 0 Å². The van der Waals surface area contributed by atoms with Crippen molar-refractivity contribution in [1.29, 1.82) is 5.26 Å². The minimum absolute atomic E-state index is 0.0186. The second-order valence-corrected chi connectivity index (χ2v) is 9.80. The van der Waals surface area contributed by atoms with Gasteiger partial charge in [0.15, 0.2) is 6.29 Å². The number of amides is 3. The van der Waals surface area contributed by atoms with Crippen molar-refractivity contribution in [3.8, 4) is 6.07 Å². The Morgan fingerprint density at radius 1 is 1.30 bits per heavy atom. The van der Waals surface area contributed by atoms with Gasteiger partial charge in [-0.2, -0.15) is 5.26 Å². The summed E-state index contributed by atoms with van der Waals surface area (Å²) in [6, 6.07) is 4.96. The van der Waals surface area contributed by atoms with Gasteiger partial charge in [0.1, 0.15) is 30.0 Å². The molecule has 0 unspecified atom stereocenters. The average molecular weight is 550 g/mol. The predicted molar refractivity (Wildman–Crippen MR) is 143 cm³/mol. The molecular formula is C27H31N7O6. The minimum Gasteiger partial charge on any atom is -0.379 e. The van der Waals surface area contributed by atoms with E-state index in [0.29, 0.717) is 74.7 Å². The van der Waals surface area contributed by atoms with Crippen LogP contribution in [0.3, 0.4) is 0 Å². The molecule has 2 N–H and O–H groups in total. The molecule has 13 heteroatoms. The molecular weight excluding hydrogens is 518 g/mol. The molecule has 2 atom stereocenters. The fourth-order valence-electron chi connectivity index (χ4n) is 5.15. The topological polar surface area (TPSA) is 159 Å². The first kappa shape index (κ1) is 27.4. The summed E-state index contributed by atoms with van der Waals surface area (Å²) in [6.45, 7) is 2.58. The van der Waals surface area contributed by atoms with Crippen molar-refractivity contribution in [3.05, 3.63) is 40.7 Å². The molecule has 2 aromatic heterocycles. The number of nitriles is 1. The fourth-order valence-corrected chi connectivity index (χ4v) is 5.15. The number of anilines is 3. The predicted octanol–water partition coefficient (Wildman–Crippen LogP) is 1.72. The Bertz CT molecular complexity index is 1330. The monoisotopic (exact) mass is 549 g/mol. The lowest BCUT2D eigenvalue weighted by molar-refractivity contribution is -0.143. The number of fused-ring (bicyclic) bond motifs is 1. The van der Waals surface area contributed by atoms with Crippen molar-refractivity contribution in [1.82, 2.24) is 14.9 Å². The molecule has 3 aliphatic heterocycles. The van der Waals surface area contributed by atoms with Crippen LogP contribution in [-0.4, -0.2) is 91.9 Å². The Labute approximate surface area is 231 Å². The van der Waals surface area contributed by atoms with Gasteiger partial charge in [0, 0.05) is 51.2 Å². The van der Waals surface area contributed by atoms with E-state index in [2.05, 4.69) is 26.7 Å². The van der Waals surface area contributed by atoms with Crippen molar-refractivity contribution in [2.24, 2.45) is 0 Å². The lowest BCUT2D eigenvalue weighted by Gasteiger charge is -2.32. The first-order chi connectivity index (χ1) is 19.5. The van der Waals surface area contributed by atoms with Crippen LogP contribution >= 0.6 is 0 Å². The number of carbonyl (C=O) groups excluding carboxylic acids is 3. The minimum atomic E-state index is -0.458. The maximum atomic E-state index is 13.4. The van der Waals surface area contributed by atoms with Gasteiger partial charge in [0.2, 0.25) is 5.91 Å². The molecule has 2 aromatic rings. The highest BCUT2D eigenvalue weighted by Gasteiger charge is 2.29. The Kier molecular flexibility index (Phi) is 8.49. The number of morpholine rings is 1. The summed E-state index contributed by atoms with van der Waals surface area (Å²) < 4.78 is 16.3. The summed E-state index contributed by atoms with van der Waals surface area (Å²) in [5.74, 6) is 0.513. The van der Waals surface area contributed by atoms with Gasteiger partial charge in [-0.05, 0) is 30.9 Å². The van der Waals surface area contributed by atoms with E-state index in [1.807, 2.05) is 6.07 Å². The van der Waals surface area contributed by atoms with E-state index in [0.717, 1.165) is 12.0 Å². The first-order valence-corrected chi connectivity index (χ1v) is 13.2. The van der Waals surface area contributed by atoms with E-state index in [1.165, 1.54) is 11.1 Å². The molecule has 2 fully saturated rings. The highest BCUT2D eigenvalue weighted by atomic mass is 16.5. The van der Waals surface area contributed by atoms with Crippen molar-refractivity contribution in [2.75, 3.05) is 62.2 Å². The Hall–Kier alpha value is -4.12. The molecule has 0 aliphatic carbocycles. The van der Waals surface area contributed by atoms with Crippen LogP contribution in [0.4, 0.5) is 22.1 Å². The van der Waals surface area contributed by atoms with Crippen LogP contribution in [0.5, 0.6) is 0 Å². The summed E-state index contributed by atoms with van der Waals surface area (Å²) in [5, 5.41) is 15.7. The molecule has 2 saturated heterocycles. The quantitative estimate of drug-likeness (QED) is 0.487. The zero-order valence-corrected chi connectivity index (χ0v) is 22.2. The molecule has 0 radical (unpaired) electrons. The number of urea groups is 1. The molecule has 0 spiro atoms. The third kappa shape index (κ3) is 5.89. The molecule has 5 heterocycles. The highest BCUT2D eigenvalue weighted by molar-refractivity contribution is 6.02. The smallest absolute Gasteiger partial charge is 0.328 e. The van der Waals surface area contributed by atoms with Gasteiger partial charge in [-0.1, -0.05) is 0 Å². The van der Waals surface area contributed by atoms with Crippen molar-refractivity contribution < 1.29 is 28.6 Å². The SMILES string of the molecule is CO[C@H]1CCOC[C@@H]1Nc1cc(NC(=O)N2CCCc3cc(CN4CCOCC4=O)c(C=O)nc32)ncc1C#N. The zero-order valence-electron chi connectivity index (χ0n) is 22.2. The van der Waals surface area contributed by atoms with Gasteiger partial charge >= 0.3 is 6.03 Å². The number of hydrogen-bond donors (Lipinski definition) is 2. The standard InChI is InChI=1S/C27H31N7O6/c1-38-23-4-7-39-15-22(23)30-20-10-24(29-12-19(20)11-28)32-27(37)34-5-2-3-17-9-18(21(14-35)31-26(17)34)13-33-6-8-40-16-25(33)36/h9-10,12,14,22-23H,2-8,13,15-16H2,1H3,(H2,29,30,32,37)/t22-,23-/m0/s1. The zero-order chi connectivity index (χ0) is 28.1. The number of rotatable bonds is 7. The normalized spacial score (nSPS) is 20.9. The summed E-state index contributed by atoms with van der Waals surface area (Å²) >= 11 is 0. The van der Waals surface area contributed by atoms with Gasteiger partial charge in [-0.15, -0.1) is 0 Å². The summed E-state index contributed by atoms with van der Waals surface area (Å²) in [7, 11) is 1.64. The van der Waals surface area contributed by atoms with Crippen molar-refractivity contribution in [2.45, 2.75) is 38.0 Å². The maximum absolute atomic E-state index is 13.4. The molecule has 40 heavy (non-hydrogen) atoms. The number of aryl methyl sites for hydroxylation is 1. The first-order valence-electron chi connectivity index (χ1n) is 13.2.